The molecule has 1 saturated heterocycles. The van der Waals surface area contributed by atoms with Gasteiger partial charge >= 0.3 is 12.2 Å². The first-order chi connectivity index (χ1) is 39.9. The number of hydrogen-bond acceptors (Lipinski definition) is 20. The topological polar surface area (TPSA) is 277 Å². The van der Waals surface area contributed by atoms with Crippen LogP contribution < -0.4 is 26.6 Å². The van der Waals surface area contributed by atoms with E-state index in [4.69, 9.17) is 9.47 Å². The van der Waals surface area contributed by atoms with E-state index in [1.54, 1.807) is 7.05 Å². The van der Waals surface area contributed by atoms with E-state index in [9.17, 15) is 43.2 Å². The van der Waals surface area contributed by atoms with E-state index < -0.39 is 53.2 Å². The van der Waals surface area contributed by atoms with E-state index in [0.717, 1.165) is 39.0 Å². The van der Waals surface area contributed by atoms with Gasteiger partial charge in [0.2, 0.25) is 17.7 Å². The molecule has 1 heterocycles. The molecule has 27 nitrogen and oxygen atoms in total. The van der Waals surface area contributed by atoms with Crippen molar-refractivity contribution in [1.29, 1.82) is 0 Å². The molecular formula is C58H112N16O11. The molecule has 0 spiro atoms. The van der Waals surface area contributed by atoms with Crippen molar-refractivity contribution in [2.75, 3.05) is 214 Å². The Bertz CT molecular complexity index is 2040. The Morgan fingerprint density at radius 3 is 1.34 bits per heavy atom. The Labute approximate surface area is 508 Å². The molecule has 2 atom stereocenters. The number of carbonyl (C=O) groups excluding carboxylic acids is 9. The lowest BCUT2D eigenvalue weighted by molar-refractivity contribution is -0.139. The zero-order valence-electron chi connectivity index (χ0n) is 54.7. The predicted molar refractivity (Wildman–Crippen MR) is 332 cm³/mol. The van der Waals surface area contributed by atoms with Gasteiger partial charge in [0.1, 0.15) is 35.5 Å². The van der Waals surface area contributed by atoms with Gasteiger partial charge in [0, 0.05) is 137 Å². The molecule has 0 bridgehead atoms. The zero-order chi connectivity index (χ0) is 64.1. The van der Waals surface area contributed by atoms with Crippen LogP contribution in [0.4, 0.5) is 9.59 Å². The van der Waals surface area contributed by atoms with Crippen molar-refractivity contribution < 1.29 is 52.6 Å². The van der Waals surface area contributed by atoms with Crippen LogP contribution in [-0.4, -0.2) is 346 Å². The first kappa shape index (κ1) is 77.8. The van der Waals surface area contributed by atoms with Crippen LogP contribution in [0.15, 0.2) is 4.99 Å². The quantitative estimate of drug-likeness (QED) is 0.0280. The number of amides is 7. The van der Waals surface area contributed by atoms with Crippen LogP contribution in [0.1, 0.15) is 80.1 Å². The lowest BCUT2D eigenvalue weighted by Crippen LogP contribution is -2.52. The maximum atomic E-state index is 13.7. The summed E-state index contributed by atoms with van der Waals surface area (Å²) in [5, 5.41) is 14.2. The van der Waals surface area contributed by atoms with Gasteiger partial charge in [0.25, 0.3) is 11.8 Å². The van der Waals surface area contributed by atoms with Crippen LogP contribution >= 0.6 is 0 Å². The molecule has 0 saturated carbocycles. The third kappa shape index (κ3) is 39.9. The number of unbranched alkanes of at least 4 members (excludes halogenated alkanes) is 1. The number of aliphatic imine (C=N–C) groups is 1. The standard InChI is InChI=1S/C58H112N16O11/c1-57(2,3)84-55(82)61-24-28-66(8)31-34-68(10)36-39-71(13)43-50(77)59-22-17-16-20-48(63-51(78)44-72(14)40-37-70(12)35-32-67(9)29-25-62-56(83)85-58(4,5)6)53(80)60-23-27-65(7)30-33-69(11)38-41-73(15)45-52(79)64-49(21-42-75)54(81)74-26-18-19-47(74)46-76/h42,46-47,49H,16-41,43-45H2,1-15H3,(H,59,77)(H,60,80)(H,61,82)(H,62,83)(H,64,79). The summed E-state index contributed by atoms with van der Waals surface area (Å²) in [5.41, 5.74) is -0.960. The van der Waals surface area contributed by atoms with Crippen molar-refractivity contribution in [2.45, 2.75) is 103 Å². The molecule has 0 radical (unpaired) electrons. The third-order valence-electron chi connectivity index (χ3n) is 13.9. The van der Waals surface area contributed by atoms with Crippen LogP contribution in [0.3, 0.4) is 0 Å². The van der Waals surface area contributed by atoms with Crippen LogP contribution in [0.2, 0.25) is 0 Å². The molecule has 0 aromatic carbocycles. The Hall–Kier alpha value is -5.26. The minimum atomic E-state index is -1.02. The lowest BCUT2D eigenvalue weighted by Gasteiger charge is -2.27. The lowest BCUT2D eigenvalue weighted by atomic mass is 10.1. The van der Waals surface area contributed by atoms with Gasteiger partial charge in [-0.05, 0) is 137 Å². The third-order valence-corrected chi connectivity index (χ3v) is 13.9. The molecule has 1 rings (SSSR count). The largest absolute Gasteiger partial charge is 0.444 e. The predicted octanol–water partition coefficient (Wildman–Crippen LogP) is -0.944. The summed E-state index contributed by atoms with van der Waals surface area (Å²) in [6.45, 7) is 23.7. The normalized spacial score (nSPS) is 14.5. The summed E-state index contributed by atoms with van der Waals surface area (Å²) in [6.07, 6.45) is 2.88. The molecule has 1 fully saturated rings. The van der Waals surface area contributed by atoms with E-state index in [2.05, 4.69) is 61.0 Å². The molecular weight excluding hydrogens is 1100 g/mol. The number of nitrogens with zero attached hydrogens (tertiary/aromatic N) is 11. The molecule has 0 aromatic heterocycles. The molecule has 2 unspecified atom stereocenters. The highest BCUT2D eigenvalue weighted by Gasteiger charge is 2.34. The summed E-state index contributed by atoms with van der Waals surface area (Å²) in [4.78, 5) is 137. The van der Waals surface area contributed by atoms with Crippen LogP contribution in [-0.2, 0) is 43.0 Å². The number of hydrogen-bond donors (Lipinski definition) is 5. The summed E-state index contributed by atoms with van der Waals surface area (Å²) in [5.74, 6) is -1.76. The number of aldehydes is 2. The fourth-order valence-corrected chi connectivity index (χ4v) is 8.54. The van der Waals surface area contributed by atoms with Gasteiger partial charge in [0.05, 0.1) is 25.7 Å². The molecule has 1 aliphatic heterocycles. The molecule has 1 aliphatic rings. The van der Waals surface area contributed by atoms with Gasteiger partial charge in [-0.15, -0.1) is 0 Å². The maximum absolute atomic E-state index is 13.7. The van der Waals surface area contributed by atoms with E-state index in [1.807, 2.05) is 113 Å². The van der Waals surface area contributed by atoms with Crippen molar-refractivity contribution in [3.8, 4) is 0 Å². The highest BCUT2D eigenvalue weighted by atomic mass is 16.6. The van der Waals surface area contributed by atoms with Crippen LogP contribution in [0, 0.1) is 0 Å². The second-order valence-electron chi connectivity index (χ2n) is 24.8. The Morgan fingerprint density at radius 2 is 0.918 bits per heavy atom. The van der Waals surface area contributed by atoms with Gasteiger partial charge in [0.15, 0.2) is 0 Å². The number of nitrogens with one attached hydrogen (secondary N) is 5. The highest BCUT2D eigenvalue weighted by molar-refractivity contribution is 6.40. The maximum Gasteiger partial charge on any atom is 0.407 e. The molecule has 490 valence electrons. The van der Waals surface area contributed by atoms with Gasteiger partial charge in [-0.3, -0.25) is 38.7 Å². The minimum Gasteiger partial charge on any atom is -0.444 e. The number of carbonyl (C=O) groups is 9. The molecule has 5 N–H and O–H groups in total. The number of alkyl carbamates (subject to hydrolysis) is 2. The molecule has 0 aliphatic carbocycles. The van der Waals surface area contributed by atoms with E-state index in [1.165, 1.54) is 4.90 Å². The summed E-state index contributed by atoms with van der Waals surface area (Å²) < 4.78 is 10.6. The van der Waals surface area contributed by atoms with Crippen molar-refractivity contribution in [3.05, 3.63) is 0 Å². The second kappa shape index (κ2) is 42.6. The first-order valence-electron chi connectivity index (χ1n) is 30.1. The minimum absolute atomic E-state index is 0.0212. The molecule has 85 heavy (non-hydrogen) atoms. The van der Waals surface area contributed by atoms with Crippen molar-refractivity contribution in [1.82, 2.24) is 75.6 Å². The van der Waals surface area contributed by atoms with Gasteiger partial charge in [-0.1, -0.05) is 0 Å². The van der Waals surface area contributed by atoms with Gasteiger partial charge in [-0.2, -0.15) is 0 Å². The zero-order valence-corrected chi connectivity index (χ0v) is 54.7. The fraction of sp³-hybridized carbons (Fsp3) is 0.828. The number of likely N-dealkylation sites (N-methyl/N-ethyl adjacent to an activating group) is 9. The summed E-state index contributed by atoms with van der Waals surface area (Å²) in [7, 11) is 17.5. The average molecular weight is 1210 g/mol. The molecule has 0 aromatic rings. The highest BCUT2D eigenvalue weighted by Crippen LogP contribution is 2.17. The van der Waals surface area contributed by atoms with Crippen LogP contribution in [0.5, 0.6) is 0 Å². The van der Waals surface area contributed by atoms with Gasteiger partial charge in [-0.25, -0.2) is 14.6 Å². The first-order valence-corrected chi connectivity index (χ1v) is 30.1. The molecule has 27 heteroatoms. The second-order valence-corrected chi connectivity index (χ2v) is 24.8. The Kier molecular flexibility index (Phi) is 38.9. The fourth-order valence-electron chi connectivity index (χ4n) is 8.54. The van der Waals surface area contributed by atoms with Crippen molar-refractivity contribution >= 4 is 60.0 Å². The Morgan fingerprint density at radius 1 is 0.518 bits per heavy atom. The van der Waals surface area contributed by atoms with E-state index >= 15 is 0 Å². The van der Waals surface area contributed by atoms with Crippen molar-refractivity contribution in [3.63, 3.8) is 0 Å². The molecule has 7 amide bonds. The summed E-state index contributed by atoms with van der Waals surface area (Å²) in [6, 6.07) is -1.56. The van der Waals surface area contributed by atoms with Gasteiger partial charge < -0.3 is 79.9 Å². The summed E-state index contributed by atoms with van der Waals surface area (Å²) >= 11 is 0. The number of rotatable bonds is 44. The van der Waals surface area contributed by atoms with E-state index in [-0.39, 0.29) is 50.0 Å². The Balaban J connectivity index is 2.71. The van der Waals surface area contributed by atoms with E-state index in [0.29, 0.717) is 130 Å². The SMILES string of the molecule is CN(CCNC(=O)OC(C)(C)C)CCN(C)CCN(C)CC(=O)N=C(CCCCNC(=O)CN(C)CCN(C)CCN(C)CCNC(=O)OC(C)(C)C)C(=O)NCCN(C)CCN(C)CCN(C)CC(=O)NC(CC=O)C(=O)N1CCCC1C=O. The monoisotopic (exact) mass is 1210 g/mol. The average Bonchev–Trinajstić information content (AvgIpc) is 3.96. The van der Waals surface area contributed by atoms with Crippen LogP contribution in [0.25, 0.3) is 0 Å². The number of ether oxygens (including phenoxy) is 2. The number of likely N-dealkylation sites (tertiary alicyclic amines) is 1. The smallest absolute Gasteiger partial charge is 0.407 e. The van der Waals surface area contributed by atoms with Crippen molar-refractivity contribution in [2.24, 2.45) is 4.99 Å².